The summed E-state index contributed by atoms with van der Waals surface area (Å²) in [6.07, 6.45) is 2.60. The topological polar surface area (TPSA) is 45.2 Å². The Morgan fingerprint density at radius 1 is 0.964 bits per heavy atom. The molecule has 0 spiro atoms. The summed E-state index contributed by atoms with van der Waals surface area (Å²) in [7, 11) is 0. The van der Waals surface area contributed by atoms with E-state index in [1.54, 1.807) is 6.07 Å². The quantitative estimate of drug-likeness (QED) is 0.889. The molecule has 3 atom stereocenters. The van der Waals surface area contributed by atoms with Crippen molar-refractivity contribution in [2.75, 3.05) is 26.4 Å². The van der Waals surface area contributed by atoms with E-state index in [1.165, 1.54) is 31.5 Å². The zero-order valence-electron chi connectivity index (χ0n) is 16.0. The van der Waals surface area contributed by atoms with Gasteiger partial charge in [0.25, 0.3) is 0 Å². The van der Waals surface area contributed by atoms with Crippen molar-refractivity contribution >= 4 is 0 Å². The van der Waals surface area contributed by atoms with Gasteiger partial charge in [-0.05, 0) is 55.6 Å². The summed E-state index contributed by atoms with van der Waals surface area (Å²) >= 11 is 0. The molecule has 5 heterocycles. The van der Waals surface area contributed by atoms with Crippen molar-refractivity contribution in [1.29, 1.82) is 0 Å². The molecule has 5 aliphatic heterocycles. The lowest BCUT2D eigenvalue weighted by molar-refractivity contribution is -0.00883. The molecule has 0 aliphatic carbocycles. The zero-order valence-corrected chi connectivity index (χ0v) is 16.0. The predicted molar refractivity (Wildman–Crippen MR) is 106 cm³/mol. The van der Waals surface area contributed by atoms with Crippen LogP contribution in [0.2, 0.25) is 0 Å². The number of para-hydroxylation sites is 1. The molecule has 2 bridgehead atoms. The monoisotopic (exact) mass is 378 g/mol. The molecule has 0 radical (unpaired) electrons. The number of hydrogen-bond donors (Lipinski definition) is 1. The van der Waals surface area contributed by atoms with Gasteiger partial charge in [-0.1, -0.05) is 24.3 Å². The molecular weight excluding hydrogens is 352 g/mol. The number of piperidine rings is 3. The number of phenols is 1. The summed E-state index contributed by atoms with van der Waals surface area (Å²) in [5, 5.41) is 10.3. The fourth-order valence-electron chi connectivity index (χ4n) is 6.02. The second-order valence-electron chi connectivity index (χ2n) is 8.63. The lowest BCUT2D eigenvalue weighted by Gasteiger charge is -2.51. The summed E-state index contributed by atoms with van der Waals surface area (Å²) < 4.78 is 11.2. The van der Waals surface area contributed by atoms with E-state index in [4.69, 9.17) is 9.47 Å². The molecule has 5 aliphatic rings. The standard InChI is InChI=1S/C23H26N2O3/c26-19-4-2-1-3-17(19)12-25-13-18(16-5-6-20-21(11-16)28-14-27-20)23-22(25)15-7-9-24(23)10-8-15/h1-6,11,15,18,22-23,26H,7-10,12-14H2/t18-,22+,23+/m1/s1. The molecule has 0 amide bonds. The van der Waals surface area contributed by atoms with Crippen molar-refractivity contribution in [3.05, 3.63) is 53.6 Å². The molecule has 5 nitrogen and oxygen atoms in total. The van der Waals surface area contributed by atoms with Crippen LogP contribution >= 0.6 is 0 Å². The summed E-state index contributed by atoms with van der Waals surface area (Å²) in [6.45, 7) is 4.60. The number of ether oxygens (including phenoxy) is 2. The van der Waals surface area contributed by atoms with Gasteiger partial charge in [-0.25, -0.2) is 0 Å². The van der Waals surface area contributed by atoms with E-state index in [1.807, 2.05) is 12.1 Å². The molecule has 4 fully saturated rings. The Bertz CT molecular complexity index is 893. The Hall–Kier alpha value is -2.24. The maximum Gasteiger partial charge on any atom is 0.231 e. The van der Waals surface area contributed by atoms with Gasteiger partial charge < -0.3 is 14.6 Å². The Morgan fingerprint density at radius 2 is 1.79 bits per heavy atom. The van der Waals surface area contributed by atoms with Crippen molar-refractivity contribution < 1.29 is 14.6 Å². The highest BCUT2D eigenvalue weighted by Crippen LogP contribution is 2.48. The van der Waals surface area contributed by atoms with Gasteiger partial charge >= 0.3 is 0 Å². The van der Waals surface area contributed by atoms with E-state index >= 15 is 0 Å². The number of likely N-dealkylation sites (tertiary alicyclic amines) is 1. The van der Waals surface area contributed by atoms with Crippen molar-refractivity contribution in [1.82, 2.24) is 9.80 Å². The van der Waals surface area contributed by atoms with Gasteiger partial charge in [-0.15, -0.1) is 0 Å². The fraction of sp³-hybridized carbons (Fsp3) is 0.478. The predicted octanol–water partition coefficient (Wildman–Crippen LogP) is 3.18. The molecule has 4 saturated heterocycles. The SMILES string of the molecule is Oc1ccccc1CN1C[C@H](c2ccc3c(c2)OCO3)[C@H]2[C@@H]1C1CCN2CC1. The Morgan fingerprint density at radius 3 is 2.64 bits per heavy atom. The molecule has 2 aromatic rings. The highest BCUT2D eigenvalue weighted by molar-refractivity contribution is 5.46. The first-order chi connectivity index (χ1) is 13.8. The average Bonchev–Trinajstić information content (AvgIpc) is 3.36. The van der Waals surface area contributed by atoms with Crippen LogP contribution in [0.5, 0.6) is 17.2 Å². The van der Waals surface area contributed by atoms with Gasteiger partial charge in [-0.2, -0.15) is 0 Å². The molecule has 1 N–H and O–H groups in total. The van der Waals surface area contributed by atoms with E-state index in [2.05, 4.69) is 34.1 Å². The Balaban J connectivity index is 1.35. The van der Waals surface area contributed by atoms with Crippen LogP contribution in [0, 0.1) is 5.92 Å². The molecular formula is C23H26N2O3. The van der Waals surface area contributed by atoms with Crippen LogP contribution in [0.4, 0.5) is 0 Å². The molecule has 146 valence electrons. The summed E-state index contributed by atoms with van der Waals surface area (Å²) in [5.41, 5.74) is 2.38. The minimum absolute atomic E-state index is 0.323. The maximum atomic E-state index is 10.3. The average molecular weight is 378 g/mol. The van der Waals surface area contributed by atoms with E-state index in [9.17, 15) is 5.11 Å². The second kappa shape index (κ2) is 6.39. The van der Waals surface area contributed by atoms with E-state index in [0.29, 0.717) is 30.5 Å². The number of hydrogen-bond acceptors (Lipinski definition) is 5. The largest absolute Gasteiger partial charge is 0.508 e. The minimum Gasteiger partial charge on any atom is -0.508 e. The third-order valence-electron chi connectivity index (χ3n) is 7.28. The van der Waals surface area contributed by atoms with E-state index < -0.39 is 0 Å². The molecule has 0 saturated carbocycles. The number of fused-ring (bicyclic) bond motifs is 3. The lowest BCUT2D eigenvalue weighted by Crippen LogP contribution is -2.59. The van der Waals surface area contributed by atoms with Crippen LogP contribution < -0.4 is 9.47 Å². The first kappa shape index (κ1) is 16.7. The van der Waals surface area contributed by atoms with Gasteiger partial charge in [0.15, 0.2) is 11.5 Å². The molecule has 0 unspecified atom stereocenters. The van der Waals surface area contributed by atoms with Crippen LogP contribution in [-0.2, 0) is 6.54 Å². The molecule has 0 aromatic heterocycles. The number of benzene rings is 2. The van der Waals surface area contributed by atoms with Crippen molar-refractivity contribution in [2.24, 2.45) is 5.92 Å². The van der Waals surface area contributed by atoms with Crippen molar-refractivity contribution in [3.8, 4) is 17.2 Å². The molecule has 7 rings (SSSR count). The van der Waals surface area contributed by atoms with E-state index in [-0.39, 0.29) is 0 Å². The second-order valence-corrected chi connectivity index (χ2v) is 8.63. The minimum atomic E-state index is 0.323. The summed E-state index contributed by atoms with van der Waals surface area (Å²) in [5.74, 6) is 3.37. The fourth-order valence-corrected chi connectivity index (χ4v) is 6.02. The van der Waals surface area contributed by atoms with Crippen LogP contribution in [0.15, 0.2) is 42.5 Å². The summed E-state index contributed by atoms with van der Waals surface area (Å²) in [4.78, 5) is 5.34. The Kier molecular flexibility index (Phi) is 3.81. The van der Waals surface area contributed by atoms with Crippen molar-refractivity contribution in [3.63, 3.8) is 0 Å². The molecule has 2 aromatic carbocycles. The van der Waals surface area contributed by atoms with Gasteiger partial charge in [0.2, 0.25) is 6.79 Å². The first-order valence-electron chi connectivity index (χ1n) is 10.4. The van der Waals surface area contributed by atoms with Crippen LogP contribution in [-0.4, -0.2) is 53.4 Å². The van der Waals surface area contributed by atoms with E-state index in [0.717, 1.165) is 36.1 Å². The normalized spacial score (nSPS) is 33.2. The highest BCUT2D eigenvalue weighted by atomic mass is 16.7. The summed E-state index contributed by atoms with van der Waals surface area (Å²) in [6, 6.07) is 15.4. The Labute approximate surface area is 165 Å². The number of nitrogens with zero attached hydrogens (tertiary/aromatic N) is 2. The van der Waals surface area contributed by atoms with Gasteiger partial charge in [0.1, 0.15) is 5.75 Å². The van der Waals surface area contributed by atoms with Crippen LogP contribution in [0.1, 0.15) is 29.9 Å². The third-order valence-corrected chi connectivity index (χ3v) is 7.28. The third kappa shape index (κ3) is 2.53. The smallest absolute Gasteiger partial charge is 0.231 e. The number of phenolic OH excluding ortho intramolecular Hbond substituents is 1. The number of rotatable bonds is 3. The van der Waals surface area contributed by atoms with Gasteiger partial charge in [-0.3, -0.25) is 9.80 Å². The number of aromatic hydroxyl groups is 1. The lowest BCUT2D eigenvalue weighted by atomic mass is 9.75. The first-order valence-corrected chi connectivity index (χ1v) is 10.4. The van der Waals surface area contributed by atoms with Crippen molar-refractivity contribution in [2.45, 2.75) is 37.4 Å². The molecule has 28 heavy (non-hydrogen) atoms. The van der Waals surface area contributed by atoms with Crippen LogP contribution in [0.25, 0.3) is 0 Å². The highest BCUT2D eigenvalue weighted by Gasteiger charge is 2.53. The van der Waals surface area contributed by atoms with Gasteiger partial charge in [0, 0.05) is 36.7 Å². The molecule has 5 heteroatoms. The zero-order chi connectivity index (χ0) is 18.7. The van der Waals surface area contributed by atoms with Gasteiger partial charge in [0.05, 0.1) is 0 Å². The van der Waals surface area contributed by atoms with Crippen LogP contribution in [0.3, 0.4) is 0 Å². The maximum absolute atomic E-state index is 10.3.